The molecule has 1 N–H and O–H groups in total. The number of aliphatic carboxylic acids is 1. The Hall–Kier alpha value is -1.56. The van der Waals surface area contributed by atoms with Gasteiger partial charge < -0.3 is 5.11 Å². The minimum absolute atomic E-state index is 0.0910. The normalized spacial score (nSPS) is 12.1. The number of nitrogens with zero attached hydrogens (tertiary/aromatic N) is 1. The van der Waals surface area contributed by atoms with Crippen molar-refractivity contribution in [1.82, 2.24) is 0 Å². The van der Waals surface area contributed by atoms with Crippen LogP contribution in [0.1, 0.15) is 10.8 Å². The lowest BCUT2D eigenvalue weighted by atomic mass is 10.1. The molecule has 0 saturated carbocycles. The SMILES string of the molecule is O=C(O)C(S)c1ccccc1[N+](=O)[O-]. The summed E-state index contributed by atoms with van der Waals surface area (Å²) in [6, 6.07) is 5.64. The second-order valence-corrected chi connectivity index (χ2v) is 3.07. The van der Waals surface area contributed by atoms with Crippen LogP contribution in [-0.4, -0.2) is 16.0 Å². The van der Waals surface area contributed by atoms with Gasteiger partial charge in [-0.15, -0.1) is 0 Å². The van der Waals surface area contributed by atoms with E-state index in [1.165, 1.54) is 24.3 Å². The van der Waals surface area contributed by atoms with Gasteiger partial charge in [0.15, 0.2) is 0 Å². The van der Waals surface area contributed by atoms with E-state index < -0.39 is 16.1 Å². The quantitative estimate of drug-likeness (QED) is 0.454. The molecule has 1 rings (SSSR count). The summed E-state index contributed by atoms with van der Waals surface area (Å²) in [5.74, 6) is -1.21. The molecule has 0 aromatic heterocycles. The maximum Gasteiger partial charge on any atom is 0.321 e. The van der Waals surface area contributed by atoms with Crippen LogP contribution in [0.2, 0.25) is 0 Å². The smallest absolute Gasteiger partial charge is 0.321 e. The summed E-state index contributed by atoms with van der Waals surface area (Å²) in [7, 11) is 0. The zero-order chi connectivity index (χ0) is 10.7. The molecule has 1 atom stereocenters. The lowest BCUT2D eigenvalue weighted by molar-refractivity contribution is -0.385. The average Bonchev–Trinajstić information content (AvgIpc) is 2.16. The highest BCUT2D eigenvalue weighted by Crippen LogP contribution is 2.28. The number of nitro benzene ring substituents is 1. The number of carbonyl (C=O) groups is 1. The summed E-state index contributed by atoms with van der Waals surface area (Å²) in [4.78, 5) is 20.5. The molecule has 0 aliphatic heterocycles. The minimum atomic E-state index is -1.21. The standard InChI is InChI=1S/C8H7NO4S/c10-8(11)7(14)5-3-1-2-4-6(5)9(12)13/h1-4,7,14H,(H,10,11). The van der Waals surface area contributed by atoms with Crippen molar-refractivity contribution in [3.8, 4) is 0 Å². The van der Waals surface area contributed by atoms with Gasteiger partial charge in [0.1, 0.15) is 5.25 Å². The fourth-order valence-electron chi connectivity index (χ4n) is 1.02. The fourth-order valence-corrected chi connectivity index (χ4v) is 1.24. The van der Waals surface area contributed by atoms with Crippen molar-refractivity contribution in [3.63, 3.8) is 0 Å². The van der Waals surface area contributed by atoms with Crippen LogP contribution in [0.4, 0.5) is 5.69 Å². The van der Waals surface area contributed by atoms with E-state index in [0.717, 1.165) is 0 Å². The summed E-state index contributed by atoms with van der Waals surface area (Å²) >= 11 is 3.77. The average molecular weight is 213 g/mol. The molecule has 0 heterocycles. The van der Waals surface area contributed by atoms with Gasteiger partial charge in [-0.1, -0.05) is 18.2 Å². The van der Waals surface area contributed by atoms with E-state index in [1.807, 2.05) is 0 Å². The van der Waals surface area contributed by atoms with E-state index in [-0.39, 0.29) is 11.3 Å². The van der Waals surface area contributed by atoms with Crippen LogP contribution in [-0.2, 0) is 4.79 Å². The van der Waals surface area contributed by atoms with Crippen LogP contribution < -0.4 is 0 Å². The van der Waals surface area contributed by atoms with Crippen molar-refractivity contribution in [1.29, 1.82) is 0 Å². The van der Waals surface area contributed by atoms with Gasteiger partial charge in [0.05, 0.1) is 10.5 Å². The molecule has 0 radical (unpaired) electrons. The number of hydrogen-bond acceptors (Lipinski definition) is 4. The van der Waals surface area contributed by atoms with Crippen molar-refractivity contribution in [2.24, 2.45) is 0 Å². The third-order valence-corrected chi connectivity index (χ3v) is 2.16. The number of rotatable bonds is 3. The van der Waals surface area contributed by atoms with Gasteiger partial charge in [-0.2, -0.15) is 12.6 Å². The molecule has 0 bridgehead atoms. The number of hydrogen-bond donors (Lipinski definition) is 2. The van der Waals surface area contributed by atoms with Gasteiger partial charge in [-0.25, -0.2) is 0 Å². The highest BCUT2D eigenvalue weighted by molar-refractivity contribution is 7.81. The third-order valence-electron chi connectivity index (χ3n) is 1.66. The Kier molecular flexibility index (Phi) is 3.08. The van der Waals surface area contributed by atoms with Crippen molar-refractivity contribution < 1.29 is 14.8 Å². The number of thiol groups is 1. The molecule has 0 fully saturated rings. The number of carboxylic acids is 1. The molecular formula is C8H7NO4S. The summed E-state index contributed by atoms with van der Waals surface area (Å²) in [5, 5.41) is 18.0. The Morgan fingerprint density at radius 2 is 2.07 bits per heavy atom. The second kappa shape index (κ2) is 4.10. The summed E-state index contributed by atoms with van der Waals surface area (Å²) < 4.78 is 0. The van der Waals surface area contributed by atoms with Crippen molar-refractivity contribution in [2.75, 3.05) is 0 Å². The first-order valence-corrected chi connectivity index (χ1v) is 4.20. The minimum Gasteiger partial charge on any atom is -0.480 e. The van der Waals surface area contributed by atoms with E-state index in [4.69, 9.17) is 5.11 Å². The Labute approximate surface area is 84.9 Å². The molecule has 0 spiro atoms. The van der Waals surface area contributed by atoms with Crippen LogP contribution in [0.15, 0.2) is 24.3 Å². The molecule has 0 amide bonds. The van der Waals surface area contributed by atoms with Crippen molar-refractivity contribution in [3.05, 3.63) is 39.9 Å². The van der Waals surface area contributed by atoms with E-state index in [2.05, 4.69) is 12.6 Å². The lowest BCUT2D eigenvalue weighted by Crippen LogP contribution is -2.07. The molecule has 14 heavy (non-hydrogen) atoms. The zero-order valence-corrected chi connectivity index (χ0v) is 7.85. The van der Waals surface area contributed by atoms with Crippen LogP contribution in [0.3, 0.4) is 0 Å². The summed E-state index contributed by atoms with van der Waals surface area (Å²) in [6.45, 7) is 0. The molecule has 1 aromatic carbocycles. The Morgan fingerprint density at radius 3 is 2.57 bits per heavy atom. The monoisotopic (exact) mass is 213 g/mol. The van der Waals surface area contributed by atoms with E-state index >= 15 is 0 Å². The predicted octanol–water partition coefficient (Wildman–Crippen LogP) is 1.65. The summed E-state index contributed by atoms with van der Waals surface area (Å²) in [5.41, 5.74) is -0.136. The maximum atomic E-state index is 10.6. The van der Waals surface area contributed by atoms with E-state index in [1.54, 1.807) is 0 Å². The topological polar surface area (TPSA) is 80.4 Å². The molecule has 5 nitrogen and oxygen atoms in total. The third kappa shape index (κ3) is 2.02. The van der Waals surface area contributed by atoms with Gasteiger partial charge >= 0.3 is 5.97 Å². The first-order chi connectivity index (χ1) is 6.54. The first kappa shape index (κ1) is 10.5. The largest absolute Gasteiger partial charge is 0.480 e. The van der Waals surface area contributed by atoms with Crippen LogP contribution in [0, 0.1) is 10.1 Å². The van der Waals surface area contributed by atoms with Crippen LogP contribution in [0.25, 0.3) is 0 Å². The first-order valence-electron chi connectivity index (χ1n) is 3.68. The molecular weight excluding hydrogens is 206 g/mol. The Bertz CT molecular complexity index is 379. The van der Waals surface area contributed by atoms with E-state index in [9.17, 15) is 14.9 Å². The molecule has 0 saturated heterocycles. The number of carboxylic acid groups (broad SMARTS) is 1. The van der Waals surface area contributed by atoms with Crippen molar-refractivity contribution >= 4 is 24.3 Å². The highest BCUT2D eigenvalue weighted by atomic mass is 32.1. The number of benzene rings is 1. The molecule has 0 aliphatic carbocycles. The Morgan fingerprint density at radius 1 is 1.50 bits per heavy atom. The number of nitro groups is 1. The van der Waals surface area contributed by atoms with Gasteiger partial charge in [0.2, 0.25) is 0 Å². The molecule has 0 aliphatic rings. The second-order valence-electron chi connectivity index (χ2n) is 2.56. The van der Waals surface area contributed by atoms with Gasteiger partial charge in [0, 0.05) is 6.07 Å². The van der Waals surface area contributed by atoms with Gasteiger partial charge in [-0.05, 0) is 0 Å². The fraction of sp³-hybridized carbons (Fsp3) is 0.125. The zero-order valence-electron chi connectivity index (χ0n) is 6.95. The molecule has 74 valence electrons. The lowest BCUT2D eigenvalue weighted by Gasteiger charge is -2.05. The van der Waals surface area contributed by atoms with Gasteiger partial charge in [0.25, 0.3) is 5.69 Å². The van der Waals surface area contributed by atoms with E-state index in [0.29, 0.717) is 0 Å². The highest BCUT2D eigenvalue weighted by Gasteiger charge is 2.23. The molecule has 1 aromatic rings. The van der Waals surface area contributed by atoms with Crippen LogP contribution in [0.5, 0.6) is 0 Å². The van der Waals surface area contributed by atoms with Gasteiger partial charge in [-0.3, -0.25) is 14.9 Å². The number of para-hydroxylation sites is 1. The van der Waals surface area contributed by atoms with Crippen LogP contribution >= 0.6 is 12.6 Å². The van der Waals surface area contributed by atoms with Crippen molar-refractivity contribution in [2.45, 2.75) is 5.25 Å². The maximum absolute atomic E-state index is 10.6. The summed E-state index contributed by atoms with van der Waals surface area (Å²) in [6.07, 6.45) is 0. The molecule has 6 heteroatoms. The Balaban J connectivity index is 3.19. The predicted molar refractivity (Wildman–Crippen MR) is 52.5 cm³/mol. The molecule has 1 unspecified atom stereocenters.